The van der Waals surface area contributed by atoms with E-state index in [2.05, 4.69) is 29.2 Å². The molecule has 0 atom stereocenters. The van der Waals surface area contributed by atoms with Gasteiger partial charge in [-0.15, -0.1) is 0 Å². The third kappa shape index (κ3) is 1.76. The molecule has 84 valence electrons. The van der Waals surface area contributed by atoms with Gasteiger partial charge < -0.3 is 5.32 Å². The monoisotopic (exact) mass is 218 g/mol. The van der Waals surface area contributed by atoms with Crippen molar-refractivity contribution >= 4 is 17.4 Å². The van der Waals surface area contributed by atoms with Crippen molar-refractivity contribution < 1.29 is 4.79 Å². The molecule has 16 heavy (non-hydrogen) atoms. The van der Waals surface area contributed by atoms with Crippen LogP contribution in [-0.2, 0) is 4.79 Å². The van der Waals surface area contributed by atoms with Gasteiger partial charge in [0, 0.05) is 18.7 Å². The number of nitrogens with one attached hydrogen (secondary N) is 1. The van der Waals surface area contributed by atoms with Gasteiger partial charge in [0.1, 0.15) is 5.82 Å². The van der Waals surface area contributed by atoms with Gasteiger partial charge in [0.2, 0.25) is 5.91 Å². The minimum atomic E-state index is -0.117. The van der Waals surface area contributed by atoms with Crippen LogP contribution in [0.1, 0.15) is 32.3 Å². The van der Waals surface area contributed by atoms with Gasteiger partial charge in [-0.25, -0.2) is 4.98 Å². The number of fused-ring (bicyclic) bond motifs is 1. The van der Waals surface area contributed by atoms with Gasteiger partial charge in [-0.1, -0.05) is 13.8 Å². The first kappa shape index (κ1) is 10.6. The highest BCUT2D eigenvalue weighted by molar-refractivity contribution is 5.88. The third-order valence-corrected chi connectivity index (χ3v) is 2.35. The molecule has 0 aliphatic heterocycles. The van der Waals surface area contributed by atoms with Crippen molar-refractivity contribution in [1.29, 1.82) is 0 Å². The molecule has 0 fully saturated rings. The topological polar surface area (TPSA) is 59.3 Å². The minimum Gasteiger partial charge on any atom is -0.311 e. The molecule has 5 heteroatoms. The maximum atomic E-state index is 11.0. The maximum absolute atomic E-state index is 11.0. The number of carbonyl (C=O) groups excluding carboxylic acids is 1. The van der Waals surface area contributed by atoms with E-state index in [-0.39, 0.29) is 5.91 Å². The summed E-state index contributed by atoms with van der Waals surface area (Å²) in [6.07, 6.45) is 3.46. The Morgan fingerprint density at radius 1 is 1.50 bits per heavy atom. The average Bonchev–Trinajstić information content (AvgIpc) is 2.61. The normalized spacial score (nSPS) is 11.0. The summed E-state index contributed by atoms with van der Waals surface area (Å²) < 4.78 is 1.65. The molecule has 0 unspecified atom stereocenters. The van der Waals surface area contributed by atoms with E-state index in [1.807, 2.05) is 0 Å². The molecule has 2 rings (SSSR count). The molecule has 2 aromatic rings. The Labute approximate surface area is 93.5 Å². The minimum absolute atomic E-state index is 0.117. The highest BCUT2D eigenvalue weighted by atomic mass is 16.1. The molecule has 1 amide bonds. The second kappa shape index (κ2) is 3.92. The lowest BCUT2D eigenvalue weighted by atomic mass is 10.1. The van der Waals surface area contributed by atoms with Crippen molar-refractivity contribution in [2.75, 3.05) is 5.32 Å². The molecule has 0 radical (unpaired) electrons. The van der Waals surface area contributed by atoms with E-state index >= 15 is 0 Å². The number of aromatic nitrogens is 3. The molecule has 1 N–H and O–H groups in total. The molecular weight excluding hydrogens is 204 g/mol. The number of amides is 1. The largest absolute Gasteiger partial charge is 0.311 e. The van der Waals surface area contributed by atoms with Gasteiger partial charge >= 0.3 is 0 Å². The fraction of sp³-hybridized carbons (Fsp3) is 0.364. The summed E-state index contributed by atoms with van der Waals surface area (Å²) in [4.78, 5) is 15.3. The quantitative estimate of drug-likeness (QED) is 0.836. The zero-order valence-electron chi connectivity index (χ0n) is 9.56. The zero-order chi connectivity index (χ0) is 11.7. The van der Waals surface area contributed by atoms with Crippen LogP contribution in [0.5, 0.6) is 0 Å². The van der Waals surface area contributed by atoms with Crippen LogP contribution in [0.4, 0.5) is 5.82 Å². The van der Waals surface area contributed by atoms with E-state index in [0.717, 1.165) is 11.2 Å². The zero-order valence-corrected chi connectivity index (χ0v) is 9.56. The van der Waals surface area contributed by atoms with Crippen LogP contribution in [0, 0.1) is 0 Å². The van der Waals surface area contributed by atoms with E-state index in [1.165, 1.54) is 6.92 Å². The van der Waals surface area contributed by atoms with Crippen LogP contribution < -0.4 is 5.32 Å². The van der Waals surface area contributed by atoms with Crippen LogP contribution in [-0.4, -0.2) is 20.5 Å². The van der Waals surface area contributed by atoms with Crippen LogP contribution in [0.3, 0.4) is 0 Å². The fourth-order valence-corrected chi connectivity index (χ4v) is 1.59. The third-order valence-electron chi connectivity index (χ3n) is 2.35. The average molecular weight is 218 g/mol. The first-order chi connectivity index (χ1) is 7.59. The smallest absolute Gasteiger partial charge is 0.222 e. The van der Waals surface area contributed by atoms with Gasteiger partial charge in [-0.05, 0) is 12.0 Å². The van der Waals surface area contributed by atoms with Crippen molar-refractivity contribution in [3.63, 3.8) is 0 Å². The summed E-state index contributed by atoms with van der Waals surface area (Å²) in [5.74, 6) is 0.885. The predicted molar refractivity (Wildman–Crippen MR) is 61.4 cm³/mol. The SMILES string of the molecule is CC(=O)Nc1ccnc2c(C(C)C)cnn12. The van der Waals surface area contributed by atoms with Crippen LogP contribution in [0.25, 0.3) is 5.65 Å². The van der Waals surface area contributed by atoms with Crippen molar-refractivity contribution in [3.8, 4) is 0 Å². The summed E-state index contributed by atoms with van der Waals surface area (Å²) in [5.41, 5.74) is 1.87. The number of rotatable bonds is 2. The second-order valence-corrected chi connectivity index (χ2v) is 4.00. The number of hydrogen-bond acceptors (Lipinski definition) is 3. The molecule has 0 bridgehead atoms. The summed E-state index contributed by atoms with van der Waals surface area (Å²) in [6.45, 7) is 5.65. The Kier molecular flexibility index (Phi) is 2.60. The molecule has 0 aliphatic carbocycles. The van der Waals surface area contributed by atoms with Gasteiger partial charge in [0.25, 0.3) is 0 Å². The van der Waals surface area contributed by atoms with Crippen molar-refractivity contribution in [2.24, 2.45) is 0 Å². The fourth-order valence-electron chi connectivity index (χ4n) is 1.59. The second-order valence-electron chi connectivity index (χ2n) is 4.00. The predicted octanol–water partition coefficient (Wildman–Crippen LogP) is 1.81. The van der Waals surface area contributed by atoms with E-state index in [4.69, 9.17) is 0 Å². The lowest BCUT2D eigenvalue weighted by molar-refractivity contribution is -0.114. The Bertz CT molecular complexity index is 530. The van der Waals surface area contributed by atoms with Crippen LogP contribution >= 0.6 is 0 Å². The summed E-state index contributed by atoms with van der Waals surface area (Å²) in [7, 11) is 0. The standard InChI is InChI=1S/C11H14N4O/c1-7(2)9-6-13-15-10(14-8(3)16)4-5-12-11(9)15/h4-7H,1-3H3,(H,14,16). The van der Waals surface area contributed by atoms with Gasteiger partial charge in [-0.3, -0.25) is 4.79 Å². The van der Waals surface area contributed by atoms with Crippen molar-refractivity contribution in [3.05, 3.63) is 24.0 Å². The number of anilines is 1. The molecule has 0 aromatic carbocycles. The molecule has 0 spiro atoms. The molecule has 0 saturated heterocycles. The van der Waals surface area contributed by atoms with E-state index in [0.29, 0.717) is 11.7 Å². The van der Waals surface area contributed by atoms with E-state index < -0.39 is 0 Å². The van der Waals surface area contributed by atoms with Gasteiger partial charge in [-0.2, -0.15) is 9.61 Å². The number of nitrogens with zero attached hydrogens (tertiary/aromatic N) is 3. The summed E-state index contributed by atoms with van der Waals surface area (Å²) in [6, 6.07) is 1.73. The molecule has 0 aliphatic rings. The highest BCUT2D eigenvalue weighted by Gasteiger charge is 2.11. The first-order valence-corrected chi connectivity index (χ1v) is 5.20. The van der Waals surface area contributed by atoms with Gasteiger partial charge in [0.15, 0.2) is 5.65 Å². The Morgan fingerprint density at radius 2 is 2.25 bits per heavy atom. The van der Waals surface area contributed by atoms with Crippen LogP contribution in [0.15, 0.2) is 18.5 Å². The molecular formula is C11H14N4O. The highest BCUT2D eigenvalue weighted by Crippen LogP contribution is 2.20. The molecule has 5 nitrogen and oxygen atoms in total. The van der Waals surface area contributed by atoms with Gasteiger partial charge in [0.05, 0.1) is 6.20 Å². The van der Waals surface area contributed by atoms with Crippen molar-refractivity contribution in [1.82, 2.24) is 14.6 Å². The number of hydrogen-bond donors (Lipinski definition) is 1. The Morgan fingerprint density at radius 3 is 2.88 bits per heavy atom. The summed E-state index contributed by atoms with van der Waals surface area (Å²) in [5, 5.41) is 6.95. The molecule has 0 saturated carbocycles. The lowest BCUT2D eigenvalue weighted by Crippen LogP contribution is -2.10. The van der Waals surface area contributed by atoms with Crippen LogP contribution in [0.2, 0.25) is 0 Å². The van der Waals surface area contributed by atoms with Crippen molar-refractivity contribution in [2.45, 2.75) is 26.7 Å². The van der Waals surface area contributed by atoms with E-state index in [9.17, 15) is 4.79 Å². The maximum Gasteiger partial charge on any atom is 0.222 e. The Balaban J connectivity index is 2.57. The number of carbonyl (C=O) groups is 1. The van der Waals surface area contributed by atoms with E-state index in [1.54, 1.807) is 23.0 Å². The molecule has 2 aromatic heterocycles. The first-order valence-electron chi connectivity index (χ1n) is 5.20. The summed E-state index contributed by atoms with van der Waals surface area (Å²) >= 11 is 0. The lowest BCUT2D eigenvalue weighted by Gasteiger charge is -2.05. The molecule has 2 heterocycles. The Hall–Kier alpha value is -1.91.